The van der Waals surface area contributed by atoms with E-state index in [0.29, 0.717) is 0 Å². The number of nitro benzene ring substituents is 1. The van der Waals surface area contributed by atoms with Crippen molar-refractivity contribution in [3.8, 4) is 0 Å². The van der Waals surface area contributed by atoms with Gasteiger partial charge in [0.2, 0.25) is 17.6 Å². The molecule has 9 heteroatoms. The third kappa shape index (κ3) is 3.51. The number of carbonyl (C=O) groups is 4. The van der Waals surface area contributed by atoms with Gasteiger partial charge in [-0.2, -0.15) is 0 Å². The van der Waals surface area contributed by atoms with Crippen LogP contribution in [-0.2, 0) is 19.1 Å². The van der Waals surface area contributed by atoms with Crippen LogP contribution in [0.4, 0.5) is 5.69 Å². The first kappa shape index (κ1) is 21.1. The van der Waals surface area contributed by atoms with E-state index in [1.165, 1.54) is 18.2 Å². The molecule has 164 valence electrons. The lowest BCUT2D eigenvalue weighted by Gasteiger charge is -2.28. The fourth-order valence-corrected chi connectivity index (χ4v) is 5.48. The van der Waals surface area contributed by atoms with Gasteiger partial charge >= 0.3 is 5.97 Å². The summed E-state index contributed by atoms with van der Waals surface area (Å²) in [5.41, 5.74) is -0.200. The highest BCUT2D eigenvalue weighted by molar-refractivity contribution is 6.09. The molecule has 3 aliphatic rings. The molecule has 0 N–H and O–H groups in total. The van der Waals surface area contributed by atoms with E-state index in [2.05, 4.69) is 0 Å². The normalized spacial score (nSPS) is 27.5. The van der Waals surface area contributed by atoms with Crippen molar-refractivity contribution < 1.29 is 28.8 Å². The minimum Gasteiger partial charge on any atom is -0.456 e. The van der Waals surface area contributed by atoms with Crippen LogP contribution in [0.25, 0.3) is 0 Å². The summed E-state index contributed by atoms with van der Waals surface area (Å²) in [6.45, 7) is 2.81. The lowest BCUT2D eigenvalue weighted by Crippen LogP contribution is -2.50. The maximum absolute atomic E-state index is 13.1. The summed E-state index contributed by atoms with van der Waals surface area (Å²) in [7, 11) is 0. The Hall–Kier alpha value is -3.10. The molecule has 9 nitrogen and oxygen atoms in total. The maximum Gasteiger partial charge on any atom is 0.330 e. The molecule has 4 rings (SSSR count). The zero-order valence-corrected chi connectivity index (χ0v) is 17.4. The molecule has 1 aromatic rings. The van der Waals surface area contributed by atoms with Gasteiger partial charge in [-0.05, 0) is 37.0 Å². The molecule has 1 aromatic carbocycles. The van der Waals surface area contributed by atoms with Gasteiger partial charge in [-0.25, -0.2) is 4.79 Å². The number of rotatable bonds is 7. The van der Waals surface area contributed by atoms with Crippen LogP contribution in [0.5, 0.6) is 0 Å². The second-order valence-corrected chi connectivity index (χ2v) is 8.96. The van der Waals surface area contributed by atoms with Crippen molar-refractivity contribution in [1.29, 1.82) is 0 Å². The number of amides is 2. The number of non-ortho nitro benzene ring substituents is 1. The number of esters is 1. The van der Waals surface area contributed by atoms with Crippen LogP contribution in [0.15, 0.2) is 24.3 Å². The van der Waals surface area contributed by atoms with E-state index in [4.69, 9.17) is 4.74 Å². The molecule has 2 aliphatic carbocycles. The van der Waals surface area contributed by atoms with Gasteiger partial charge in [0, 0.05) is 17.7 Å². The van der Waals surface area contributed by atoms with Crippen LogP contribution < -0.4 is 0 Å². The van der Waals surface area contributed by atoms with E-state index in [1.807, 2.05) is 0 Å². The Balaban J connectivity index is 1.47. The molecule has 1 heterocycles. The summed E-state index contributed by atoms with van der Waals surface area (Å²) in [5.74, 6) is -2.68. The van der Waals surface area contributed by atoms with E-state index in [9.17, 15) is 29.3 Å². The molecule has 0 unspecified atom stereocenters. The summed E-state index contributed by atoms with van der Waals surface area (Å²) in [6, 6.07) is 4.04. The van der Waals surface area contributed by atoms with Crippen molar-refractivity contribution in [3.63, 3.8) is 0 Å². The number of hydrogen-bond donors (Lipinski definition) is 0. The number of ketones is 1. The standard InChI is InChI=1S/C22H24N2O7/c1-11(2)19(23-20(26)17-13-6-7-14(8-13)18(17)21(23)27)22(28)31-10-16(25)12-4-3-5-15(9-12)24(29)30/h3-5,9,11,13-14,17-19H,6-8,10H2,1-2H3/t13-,14-,17-,18-,19+/m0/s1. The predicted octanol–water partition coefficient (Wildman–Crippen LogP) is 2.38. The van der Waals surface area contributed by atoms with Crippen molar-refractivity contribution in [1.82, 2.24) is 4.90 Å². The molecule has 1 saturated heterocycles. The van der Waals surface area contributed by atoms with Gasteiger partial charge in [0.05, 0.1) is 16.8 Å². The van der Waals surface area contributed by atoms with Crippen LogP contribution in [0.2, 0.25) is 0 Å². The first-order valence-corrected chi connectivity index (χ1v) is 10.5. The van der Waals surface area contributed by atoms with Gasteiger partial charge in [-0.3, -0.25) is 29.4 Å². The van der Waals surface area contributed by atoms with Crippen molar-refractivity contribution in [3.05, 3.63) is 39.9 Å². The first-order valence-electron chi connectivity index (χ1n) is 10.5. The largest absolute Gasteiger partial charge is 0.456 e. The third-order valence-corrected chi connectivity index (χ3v) is 6.84. The molecule has 2 amide bonds. The van der Waals surface area contributed by atoms with Gasteiger partial charge in [0.15, 0.2) is 6.61 Å². The highest BCUT2D eigenvalue weighted by atomic mass is 16.6. The van der Waals surface area contributed by atoms with Crippen molar-refractivity contribution in [2.75, 3.05) is 6.61 Å². The number of benzene rings is 1. The summed E-state index contributed by atoms with van der Waals surface area (Å²) in [4.78, 5) is 62.7. The van der Waals surface area contributed by atoms with Crippen molar-refractivity contribution >= 4 is 29.3 Å². The Labute approximate surface area is 178 Å². The Kier molecular flexibility index (Phi) is 5.36. The predicted molar refractivity (Wildman–Crippen MR) is 107 cm³/mol. The number of fused-ring (bicyclic) bond motifs is 5. The Bertz CT molecular complexity index is 944. The number of nitrogens with zero attached hydrogens (tertiary/aromatic N) is 2. The molecule has 0 spiro atoms. The van der Waals surface area contributed by atoms with Crippen LogP contribution >= 0.6 is 0 Å². The highest BCUT2D eigenvalue weighted by Crippen LogP contribution is 2.56. The minimum absolute atomic E-state index is 0.0440. The van der Waals surface area contributed by atoms with E-state index >= 15 is 0 Å². The molecule has 1 aliphatic heterocycles. The molecule has 3 fully saturated rings. The average molecular weight is 428 g/mol. The van der Waals surface area contributed by atoms with Gasteiger partial charge in [-0.1, -0.05) is 26.0 Å². The van der Waals surface area contributed by atoms with E-state index < -0.39 is 29.3 Å². The number of ether oxygens (including phenoxy) is 1. The SMILES string of the molecule is CC(C)[C@H](C(=O)OCC(=O)c1cccc([N+](=O)[O-])c1)N1C(=O)[C@H]2[C@H]3CC[C@@H](C3)[C@@H]2C1=O. The third-order valence-electron chi connectivity index (χ3n) is 6.84. The van der Waals surface area contributed by atoms with E-state index in [0.717, 1.165) is 30.2 Å². The lowest BCUT2D eigenvalue weighted by molar-refractivity contribution is -0.384. The summed E-state index contributed by atoms with van der Waals surface area (Å²) in [5, 5.41) is 10.9. The number of hydrogen-bond acceptors (Lipinski definition) is 7. The quantitative estimate of drug-likeness (QED) is 0.215. The topological polar surface area (TPSA) is 124 Å². The monoisotopic (exact) mass is 428 g/mol. The summed E-state index contributed by atoms with van der Waals surface area (Å²) in [6.07, 6.45) is 2.77. The number of likely N-dealkylation sites (tertiary alicyclic amines) is 1. The lowest BCUT2D eigenvalue weighted by atomic mass is 9.81. The molecular formula is C22H24N2O7. The summed E-state index contributed by atoms with van der Waals surface area (Å²) < 4.78 is 5.18. The van der Waals surface area contributed by atoms with Crippen molar-refractivity contribution in [2.45, 2.75) is 39.2 Å². The fourth-order valence-electron chi connectivity index (χ4n) is 5.48. The Morgan fingerprint density at radius 1 is 1.16 bits per heavy atom. The van der Waals surface area contributed by atoms with Crippen LogP contribution in [0.3, 0.4) is 0 Å². The number of nitro groups is 1. The number of imide groups is 1. The van der Waals surface area contributed by atoms with Crippen molar-refractivity contribution in [2.24, 2.45) is 29.6 Å². The molecule has 0 radical (unpaired) electrons. The second kappa shape index (κ2) is 7.86. The Morgan fingerprint density at radius 3 is 2.32 bits per heavy atom. The van der Waals surface area contributed by atoms with Gasteiger partial charge in [-0.15, -0.1) is 0 Å². The second-order valence-electron chi connectivity index (χ2n) is 8.96. The smallest absolute Gasteiger partial charge is 0.330 e. The zero-order valence-electron chi connectivity index (χ0n) is 17.4. The zero-order chi connectivity index (χ0) is 22.4. The molecule has 5 atom stereocenters. The molecular weight excluding hydrogens is 404 g/mol. The van der Waals surface area contributed by atoms with Gasteiger partial charge in [0.1, 0.15) is 6.04 Å². The van der Waals surface area contributed by atoms with E-state index in [-0.39, 0.29) is 52.7 Å². The van der Waals surface area contributed by atoms with Crippen LogP contribution in [0, 0.1) is 39.7 Å². The molecule has 2 bridgehead atoms. The summed E-state index contributed by atoms with van der Waals surface area (Å²) >= 11 is 0. The maximum atomic E-state index is 13.1. The number of carbonyl (C=O) groups excluding carboxylic acids is 4. The average Bonchev–Trinajstić information content (AvgIpc) is 3.42. The van der Waals surface area contributed by atoms with Gasteiger partial charge in [0.25, 0.3) is 5.69 Å². The first-order chi connectivity index (χ1) is 14.7. The van der Waals surface area contributed by atoms with E-state index in [1.54, 1.807) is 13.8 Å². The minimum atomic E-state index is -1.09. The number of Topliss-reactive ketones (excluding diaryl/α,β-unsaturated/α-hetero) is 1. The van der Waals surface area contributed by atoms with Crippen LogP contribution in [0.1, 0.15) is 43.5 Å². The van der Waals surface area contributed by atoms with Crippen LogP contribution in [-0.4, -0.2) is 46.0 Å². The highest BCUT2D eigenvalue weighted by Gasteiger charge is 2.62. The van der Waals surface area contributed by atoms with Gasteiger partial charge < -0.3 is 4.74 Å². The molecule has 0 aromatic heterocycles. The molecule has 31 heavy (non-hydrogen) atoms. The fraction of sp³-hybridized carbons (Fsp3) is 0.545. The molecule has 2 saturated carbocycles. The Morgan fingerprint density at radius 2 is 1.77 bits per heavy atom.